The molecule has 8 nitrogen and oxygen atoms in total. The minimum absolute atomic E-state index is 0.0927. The van der Waals surface area contributed by atoms with Crippen molar-refractivity contribution < 1.29 is 18.0 Å². The summed E-state index contributed by atoms with van der Waals surface area (Å²) in [6.45, 7) is 0.541. The average Bonchev–Trinajstić information content (AvgIpc) is 3.17. The summed E-state index contributed by atoms with van der Waals surface area (Å²) in [4.78, 5) is 25.9. The summed E-state index contributed by atoms with van der Waals surface area (Å²) in [6, 6.07) is 9.41. The number of aromatic amines is 1. The molecule has 0 saturated carbocycles. The molecule has 144 valence electrons. The Morgan fingerprint density at radius 2 is 1.96 bits per heavy atom. The number of nitrogens with two attached hydrogens (primary N) is 1. The van der Waals surface area contributed by atoms with Crippen LogP contribution in [0.5, 0.6) is 0 Å². The van der Waals surface area contributed by atoms with E-state index in [1.54, 1.807) is 29.2 Å². The normalized spacial score (nSPS) is 17.6. The molecular weight excluding hydrogens is 368 g/mol. The molecule has 3 N–H and O–H groups in total. The molecule has 1 aliphatic rings. The summed E-state index contributed by atoms with van der Waals surface area (Å²) in [5.74, 6) is -1.11. The predicted octanol–water partition coefficient (Wildman–Crippen LogP) is 1.43. The lowest BCUT2D eigenvalue weighted by atomic mass is 9.98. The van der Waals surface area contributed by atoms with Gasteiger partial charge in [0, 0.05) is 13.0 Å². The number of nitrogens with one attached hydrogen (secondary N) is 1. The van der Waals surface area contributed by atoms with Crippen molar-refractivity contribution in [2.24, 2.45) is 5.73 Å². The molecule has 2 aromatic rings. The van der Waals surface area contributed by atoms with Gasteiger partial charge in [-0.15, -0.1) is 0 Å². The first kappa shape index (κ1) is 19.1. The Kier molecular flexibility index (Phi) is 5.59. The number of carbonyl (C=O) groups excluding carboxylic acids is 2. The second-order valence-corrected chi connectivity index (χ2v) is 8.66. The van der Waals surface area contributed by atoms with E-state index in [1.807, 2.05) is 0 Å². The highest BCUT2D eigenvalue weighted by atomic mass is 32.2. The summed E-state index contributed by atoms with van der Waals surface area (Å²) in [6.07, 6.45) is 2.41. The van der Waals surface area contributed by atoms with Crippen LogP contribution in [0.4, 0.5) is 0 Å². The number of aromatic nitrogens is 2. The molecular formula is C18H22N4O4S. The van der Waals surface area contributed by atoms with Gasteiger partial charge in [-0.25, -0.2) is 8.42 Å². The third-order valence-corrected chi connectivity index (χ3v) is 6.45. The van der Waals surface area contributed by atoms with Crippen molar-refractivity contribution in [3.05, 3.63) is 47.8 Å². The average molecular weight is 390 g/mol. The molecule has 0 bridgehead atoms. The molecule has 3 rings (SSSR count). The van der Waals surface area contributed by atoms with Gasteiger partial charge >= 0.3 is 0 Å². The molecule has 1 unspecified atom stereocenters. The maximum Gasteiger partial charge on any atom is 0.269 e. The van der Waals surface area contributed by atoms with E-state index in [1.165, 1.54) is 12.1 Å². The largest absolute Gasteiger partial charge is 0.364 e. The number of hydrogen-bond donors (Lipinski definition) is 2. The molecule has 1 aliphatic heterocycles. The van der Waals surface area contributed by atoms with Gasteiger partial charge in [0.2, 0.25) is 5.91 Å². The fourth-order valence-electron chi connectivity index (χ4n) is 3.30. The predicted molar refractivity (Wildman–Crippen MR) is 98.5 cm³/mol. The highest BCUT2D eigenvalue weighted by Crippen LogP contribution is 2.30. The van der Waals surface area contributed by atoms with Crippen molar-refractivity contribution in [1.29, 1.82) is 0 Å². The van der Waals surface area contributed by atoms with Crippen LogP contribution in [0.25, 0.3) is 0 Å². The highest BCUT2D eigenvalue weighted by Gasteiger charge is 2.30. The molecule has 0 aliphatic carbocycles. The molecule has 1 fully saturated rings. The van der Waals surface area contributed by atoms with E-state index < -0.39 is 15.7 Å². The number of rotatable bonds is 6. The monoisotopic (exact) mass is 390 g/mol. The minimum Gasteiger partial charge on any atom is -0.364 e. The number of sulfone groups is 1. The number of likely N-dealkylation sites (tertiary alicyclic amines) is 1. The quantitative estimate of drug-likeness (QED) is 0.771. The van der Waals surface area contributed by atoms with E-state index >= 15 is 0 Å². The van der Waals surface area contributed by atoms with Crippen molar-refractivity contribution in [3.8, 4) is 0 Å². The van der Waals surface area contributed by atoms with E-state index in [4.69, 9.17) is 5.73 Å². The molecule has 0 radical (unpaired) electrons. The van der Waals surface area contributed by atoms with Gasteiger partial charge < -0.3 is 10.6 Å². The summed E-state index contributed by atoms with van der Waals surface area (Å²) in [5, 5.41) is 6.65. The van der Waals surface area contributed by atoms with Crippen LogP contribution >= 0.6 is 0 Å². The standard InChI is InChI=1S/C18H22N4O4S/c19-18(24)15-12-14(20-21-15)16-8-4-5-10-22(16)17(23)9-11-27(25,26)13-6-2-1-3-7-13/h1-3,6-7,12,16H,4-5,8-11H2,(H2,19,24)(H,20,21). The van der Waals surface area contributed by atoms with Crippen LogP contribution in [-0.4, -0.2) is 47.6 Å². The lowest BCUT2D eigenvalue weighted by Gasteiger charge is -2.35. The smallest absolute Gasteiger partial charge is 0.269 e. The number of H-pyrrole nitrogens is 1. The fraction of sp³-hybridized carbons (Fsp3) is 0.389. The summed E-state index contributed by atoms with van der Waals surface area (Å²) in [7, 11) is -3.51. The van der Waals surface area contributed by atoms with Crippen LogP contribution in [0.2, 0.25) is 0 Å². The van der Waals surface area contributed by atoms with Gasteiger partial charge in [0.25, 0.3) is 5.91 Å². The minimum atomic E-state index is -3.51. The third kappa shape index (κ3) is 4.36. The molecule has 1 aromatic carbocycles. The molecule has 0 spiro atoms. The van der Waals surface area contributed by atoms with Crippen molar-refractivity contribution in [3.63, 3.8) is 0 Å². The van der Waals surface area contributed by atoms with E-state index in [0.717, 1.165) is 19.3 Å². The van der Waals surface area contributed by atoms with E-state index in [2.05, 4.69) is 10.2 Å². The van der Waals surface area contributed by atoms with Crippen LogP contribution in [0.15, 0.2) is 41.3 Å². The number of amides is 2. The lowest BCUT2D eigenvalue weighted by molar-refractivity contribution is -0.134. The second kappa shape index (κ2) is 7.91. The first-order valence-electron chi connectivity index (χ1n) is 8.81. The molecule has 2 amide bonds. The van der Waals surface area contributed by atoms with E-state index in [-0.39, 0.29) is 34.7 Å². The Labute approximate surface area is 157 Å². The van der Waals surface area contributed by atoms with E-state index in [0.29, 0.717) is 12.2 Å². The first-order chi connectivity index (χ1) is 12.9. The zero-order valence-corrected chi connectivity index (χ0v) is 15.6. The SMILES string of the molecule is NC(=O)c1cc(C2CCCCN2C(=O)CCS(=O)(=O)c2ccccc2)[nH]n1. The van der Waals surface area contributed by atoms with Gasteiger partial charge in [0.15, 0.2) is 9.84 Å². The lowest BCUT2D eigenvalue weighted by Crippen LogP contribution is -2.39. The van der Waals surface area contributed by atoms with Gasteiger partial charge in [-0.3, -0.25) is 14.7 Å². The number of nitrogens with zero attached hydrogens (tertiary/aromatic N) is 2. The van der Waals surface area contributed by atoms with Crippen LogP contribution in [0, 0.1) is 0 Å². The van der Waals surface area contributed by atoms with Crippen LogP contribution in [-0.2, 0) is 14.6 Å². The Balaban J connectivity index is 1.71. The second-order valence-electron chi connectivity index (χ2n) is 6.55. The van der Waals surface area contributed by atoms with Crippen molar-refractivity contribution >= 4 is 21.7 Å². The van der Waals surface area contributed by atoms with Gasteiger partial charge in [-0.05, 0) is 37.5 Å². The molecule has 1 saturated heterocycles. The zero-order chi connectivity index (χ0) is 19.4. The van der Waals surface area contributed by atoms with Gasteiger partial charge in [0.1, 0.15) is 5.69 Å². The Morgan fingerprint density at radius 1 is 1.22 bits per heavy atom. The Bertz CT molecular complexity index is 924. The maximum absolute atomic E-state index is 12.7. The van der Waals surface area contributed by atoms with Crippen LogP contribution in [0.1, 0.15) is 47.9 Å². The summed E-state index contributed by atoms with van der Waals surface area (Å²) < 4.78 is 24.8. The summed E-state index contributed by atoms with van der Waals surface area (Å²) >= 11 is 0. The molecule has 2 heterocycles. The number of carbonyl (C=O) groups is 2. The van der Waals surface area contributed by atoms with E-state index in [9.17, 15) is 18.0 Å². The highest BCUT2D eigenvalue weighted by molar-refractivity contribution is 7.91. The van der Waals surface area contributed by atoms with Crippen LogP contribution in [0.3, 0.4) is 0 Å². The van der Waals surface area contributed by atoms with Gasteiger partial charge in [-0.1, -0.05) is 18.2 Å². The molecule has 27 heavy (non-hydrogen) atoms. The Hall–Kier alpha value is -2.68. The molecule has 1 atom stereocenters. The van der Waals surface area contributed by atoms with Gasteiger partial charge in [0.05, 0.1) is 22.4 Å². The topological polar surface area (TPSA) is 126 Å². The number of primary amides is 1. The zero-order valence-electron chi connectivity index (χ0n) is 14.8. The Morgan fingerprint density at radius 3 is 2.63 bits per heavy atom. The van der Waals surface area contributed by atoms with Gasteiger partial charge in [-0.2, -0.15) is 5.10 Å². The molecule has 9 heteroatoms. The number of benzene rings is 1. The summed E-state index contributed by atoms with van der Waals surface area (Å²) in [5.41, 5.74) is 5.99. The number of hydrogen-bond acceptors (Lipinski definition) is 5. The van der Waals surface area contributed by atoms with Crippen LogP contribution < -0.4 is 5.73 Å². The maximum atomic E-state index is 12.7. The first-order valence-corrected chi connectivity index (χ1v) is 10.5. The third-order valence-electron chi connectivity index (χ3n) is 4.72. The molecule has 1 aromatic heterocycles. The van der Waals surface area contributed by atoms with Crippen molar-refractivity contribution in [2.75, 3.05) is 12.3 Å². The van der Waals surface area contributed by atoms with Crippen molar-refractivity contribution in [2.45, 2.75) is 36.6 Å². The van der Waals surface area contributed by atoms with Crippen molar-refractivity contribution in [1.82, 2.24) is 15.1 Å². The number of piperidine rings is 1. The fourth-order valence-corrected chi connectivity index (χ4v) is 4.55.